The van der Waals surface area contributed by atoms with E-state index in [0.717, 1.165) is 10.9 Å². The molecule has 0 radical (unpaired) electrons. The van der Waals surface area contributed by atoms with E-state index in [1.807, 2.05) is 45.0 Å². The zero-order chi connectivity index (χ0) is 14.0. The molecule has 2 N–H and O–H groups in total. The number of nitrogens with two attached hydrogens (primary N) is 1. The van der Waals surface area contributed by atoms with Crippen molar-refractivity contribution in [3.8, 4) is 12.0 Å². The third kappa shape index (κ3) is 2.71. The molecule has 1 heterocycles. The SMILES string of the molecule is CC(C)(C)OC(=O)n1cc(C#CN)c2ccccc21. The van der Waals surface area contributed by atoms with Crippen LogP contribution in [0.5, 0.6) is 0 Å². The molecule has 19 heavy (non-hydrogen) atoms. The normalized spacial score (nSPS) is 10.9. The Balaban J connectivity index is 2.54. The Morgan fingerprint density at radius 1 is 1.32 bits per heavy atom. The van der Waals surface area contributed by atoms with E-state index >= 15 is 0 Å². The molecule has 1 aromatic heterocycles. The minimum Gasteiger partial charge on any atom is -0.443 e. The summed E-state index contributed by atoms with van der Waals surface area (Å²) in [7, 11) is 0. The molecule has 98 valence electrons. The van der Waals surface area contributed by atoms with Crippen LogP contribution in [-0.4, -0.2) is 16.3 Å². The van der Waals surface area contributed by atoms with Crippen LogP contribution in [0.4, 0.5) is 4.79 Å². The van der Waals surface area contributed by atoms with Crippen LogP contribution >= 0.6 is 0 Å². The molecular weight excluding hydrogens is 240 g/mol. The number of ether oxygens (including phenoxy) is 1. The molecule has 1 aromatic carbocycles. The van der Waals surface area contributed by atoms with Crippen molar-refractivity contribution in [3.05, 3.63) is 36.0 Å². The summed E-state index contributed by atoms with van der Waals surface area (Å²) in [5.41, 5.74) is 6.18. The van der Waals surface area contributed by atoms with Gasteiger partial charge in [-0.3, -0.25) is 4.57 Å². The van der Waals surface area contributed by atoms with Crippen LogP contribution in [0.15, 0.2) is 30.5 Å². The molecule has 0 aliphatic heterocycles. The Labute approximate surface area is 112 Å². The van der Waals surface area contributed by atoms with Crippen molar-refractivity contribution in [1.82, 2.24) is 4.57 Å². The van der Waals surface area contributed by atoms with Gasteiger partial charge in [-0.15, -0.1) is 0 Å². The highest BCUT2D eigenvalue weighted by Crippen LogP contribution is 2.22. The standard InChI is InChI=1S/C15H16N2O2/c1-15(2,3)19-14(18)17-10-11(8-9-16)12-6-4-5-7-13(12)17/h4-7,10H,16H2,1-3H3. The molecule has 0 aliphatic carbocycles. The van der Waals surface area contributed by atoms with Crippen LogP contribution in [0.1, 0.15) is 26.3 Å². The maximum atomic E-state index is 12.2. The van der Waals surface area contributed by atoms with Gasteiger partial charge in [0.1, 0.15) is 5.60 Å². The summed E-state index contributed by atoms with van der Waals surface area (Å²) in [4.78, 5) is 12.2. The summed E-state index contributed by atoms with van der Waals surface area (Å²) in [5, 5.41) is 0.881. The van der Waals surface area contributed by atoms with Crippen LogP contribution in [0.2, 0.25) is 0 Å². The Kier molecular flexibility index (Phi) is 3.22. The second kappa shape index (κ2) is 4.69. The Bertz CT molecular complexity index is 681. The fourth-order valence-corrected chi connectivity index (χ4v) is 1.82. The highest BCUT2D eigenvalue weighted by molar-refractivity contribution is 5.93. The lowest BCUT2D eigenvalue weighted by molar-refractivity contribution is 0.0544. The number of rotatable bonds is 0. The van der Waals surface area contributed by atoms with Gasteiger partial charge in [0, 0.05) is 17.6 Å². The first-order chi connectivity index (χ1) is 8.92. The van der Waals surface area contributed by atoms with Crippen molar-refractivity contribution in [2.75, 3.05) is 0 Å². The molecule has 2 aromatic rings. The summed E-state index contributed by atoms with van der Waals surface area (Å²) in [5.74, 6) is 2.79. The second-order valence-corrected chi connectivity index (χ2v) is 5.18. The number of carbonyl (C=O) groups is 1. The van der Waals surface area contributed by atoms with Gasteiger partial charge >= 0.3 is 6.09 Å². The van der Waals surface area contributed by atoms with Crippen LogP contribution in [0.25, 0.3) is 10.9 Å². The summed E-state index contributed by atoms with van der Waals surface area (Å²) >= 11 is 0. The maximum absolute atomic E-state index is 12.2. The van der Waals surface area contributed by atoms with Crippen molar-refractivity contribution in [2.24, 2.45) is 5.73 Å². The lowest BCUT2D eigenvalue weighted by Crippen LogP contribution is -2.26. The molecule has 0 fully saturated rings. The zero-order valence-corrected chi connectivity index (χ0v) is 11.2. The molecule has 4 nitrogen and oxygen atoms in total. The van der Waals surface area contributed by atoms with Gasteiger partial charge in [0.2, 0.25) is 0 Å². The number of para-hydroxylation sites is 1. The molecule has 0 spiro atoms. The van der Waals surface area contributed by atoms with Gasteiger partial charge in [0.25, 0.3) is 0 Å². The highest BCUT2D eigenvalue weighted by atomic mass is 16.6. The quantitative estimate of drug-likeness (QED) is 0.582. The number of carbonyl (C=O) groups excluding carboxylic acids is 1. The summed E-state index contributed by atoms with van der Waals surface area (Å²) in [6.07, 6.45) is 1.23. The van der Waals surface area contributed by atoms with Crippen molar-refractivity contribution in [1.29, 1.82) is 0 Å². The van der Waals surface area contributed by atoms with Gasteiger partial charge in [-0.2, -0.15) is 0 Å². The minimum atomic E-state index is -0.540. The molecule has 0 bridgehead atoms. The summed E-state index contributed by atoms with van der Waals surface area (Å²) < 4.78 is 6.83. The Morgan fingerprint density at radius 2 is 2.00 bits per heavy atom. The molecule has 0 amide bonds. The van der Waals surface area contributed by atoms with E-state index in [-0.39, 0.29) is 0 Å². The predicted molar refractivity (Wildman–Crippen MR) is 74.6 cm³/mol. The number of hydrogen-bond donors (Lipinski definition) is 1. The van der Waals surface area contributed by atoms with Gasteiger partial charge in [-0.25, -0.2) is 4.79 Å². The zero-order valence-electron chi connectivity index (χ0n) is 11.2. The van der Waals surface area contributed by atoms with E-state index in [9.17, 15) is 4.79 Å². The first kappa shape index (κ1) is 13.0. The molecule has 0 aliphatic rings. The smallest absolute Gasteiger partial charge is 0.419 e. The second-order valence-electron chi connectivity index (χ2n) is 5.18. The third-order valence-electron chi connectivity index (χ3n) is 2.51. The number of aromatic nitrogens is 1. The Morgan fingerprint density at radius 3 is 2.63 bits per heavy atom. The van der Waals surface area contributed by atoms with Crippen LogP contribution in [0.3, 0.4) is 0 Å². The van der Waals surface area contributed by atoms with E-state index in [1.165, 1.54) is 4.57 Å². The largest absolute Gasteiger partial charge is 0.443 e. The average Bonchev–Trinajstić information content (AvgIpc) is 2.67. The predicted octanol–water partition coefficient (Wildman–Crippen LogP) is 2.69. The lowest BCUT2D eigenvalue weighted by atomic mass is 10.2. The van der Waals surface area contributed by atoms with Crippen molar-refractivity contribution >= 4 is 17.0 Å². The van der Waals surface area contributed by atoms with E-state index in [1.54, 1.807) is 6.20 Å². The first-order valence-electron chi connectivity index (χ1n) is 5.97. The molecule has 0 atom stereocenters. The fourth-order valence-electron chi connectivity index (χ4n) is 1.82. The topological polar surface area (TPSA) is 57.2 Å². The summed E-state index contributed by atoms with van der Waals surface area (Å²) in [6.45, 7) is 5.49. The van der Waals surface area contributed by atoms with Gasteiger partial charge < -0.3 is 10.5 Å². The molecule has 0 saturated carbocycles. The van der Waals surface area contributed by atoms with Gasteiger partial charge in [0.05, 0.1) is 11.1 Å². The van der Waals surface area contributed by atoms with E-state index < -0.39 is 11.7 Å². The minimum absolute atomic E-state index is 0.422. The molecule has 2 rings (SSSR count). The number of hydrogen-bond acceptors (Lipinski definition) is 3. The fraction of sp³-hybridized carbons (Fsp3) is 0.267. The van der Waals surface area contributed by atoms with Crippen LogP contribution in [-0.2, 0) is 4.74 Å². The van der Waals surface area contributed by atoms with Crippen LogP contribution < -0.4 is 5.73 Å². The highest BCUT2D eigenvalue weighted by Gasteiger charge is 2.20. The number of fused-ring (bicyclic) bond motifs is 1. The van der Waals surface area contributed by atoms with Crippen molar-refractivity contribution in [3.63, 3.8) is 0 Å². The van der Waals surface area contributed by atoms with Gasteiger partial charge in [-0.1, -0.05) is 18.2 Å². The monoisotopic (exact) mass is 256 g/mol. The van der Waals surface area contributed by atoms with E-state index in [2.05, 4.69) is 12.0 Å². The lowest BCUT2D eigenvalue weighted by Gasteiger charge is -2.19. The molecule has 0 unspecified atom stereocenters. The number of benzene rings is 1. The van der Waals surface area contributed by atoms with E-state index in [0.29, 0.717) is 5.56 Å². The van der Waals surface area contributed by atoms with E-state index in [4.69, 9.17) is 10.5 Å². The molecule has 4 heteroatoms. The van der Waals surface area contributed by atoms with Gasteiger partial charge in [-0.05, 0) is 32.8 Å². The van der Waals surface area contributed by atoms with Crippen molar-refractivity contribution in [2.45, 2.75) is 26.4 Å². The maximum Gasteiger partial charge on any atom is 0.419 e. The third-order valence-corrected chi connectivity index (χ3v) is 2.51. The Hall–Kier alpha value is -2.41. The average molecular weight is 256 g/mol. The van der Waals surface area contributed by atoms with Crippen molar-refractivity contribution < 1.29 is 9.53 Å². The first-order valence-corrected chi connectivity index (χ1v) is 5.97. The number of nitrogens with zero attached hydrogens (tertiary/aromatic N) is 1. The summed E-state index contributed by atoms with van der Waals surface area (Å²) in [6, 6.07) is 9.86. The van der Waals surface area contributed by atoms with Gasteiger partial charge in [0.15, 0.2) is 0 Å². The molecular formula is C15H16N2O2. The van der Waals surface area contributed by atoms with Crippen LogP contribution in [0, 0.1) is 12.0 Å². The molecule has 0 saturated heterocycles.